The fourth-order valence-corrected chi connectivity index (χ4v) is 2.50. The van der Waals surface area contributed by atoms with Crippen molar-refractivity contribution in [1.29, 1.82) is 0 Å². The largest absolute Gasteiger partial charge is 0.390 e. The lowest BCUT2D eigenvalue weighted by Crippen LogP contribution is -2.21. The zero-order chi connectivity index (χ0) is 13.2. The molecule has 0 saturated heterocycles. The third-order valence-corrected chi connectivity index (χ3v) is 3.58. The predicted octanol–water partition coefficient (Wildman–Crippen LogP) is 3.19. The van der Waals surface area contributed by atoms with Crippen molar-refractivity contribution in [2.45, 2.75) is 30.8 Å². The summed E-state index contributed by atoms with van der Waals surface area (Å²) in [6, 6.07) is 13.8. The molecule has 2 rings (SSSR count). The van der Waals surface area contributed by atoms with Crippen LogP contribution >= 0.6 is 12.6 Å². The van der Waals surface area contributed by atoms with E-state index in [0.29, 0.717) is 5.69 Å². The fraction of sp³-hybridized carbons (Fsp3) is 0.267. The molecule has 2 aromatic rings. The van der Waals surface area contributed by atoms with Gasteiger partial charge in [-0.2, -0.15) is 0 Å². The van der Waals surface area contributed by atoms with Crippen LogP contribution in [0.1, 0.15) is 30.8 Å². The highest BCUT2D eigenvalue weighted by Crippen LogP contribution is 2.33. The van der Waals surface area contributed by atoms with Gasteiger partial charge in [0.05, 0.1) is 18.0 Å². The molecule has 0 saturated carbocycles. The maximum atomic E-state index is 9.18. The molecule has 0 unspecified atom stereocenters. The van der Waals surface area contributed by atoms with Gasteiger partial charge in [-0.15, -0.1) is 12.6 Å². The highest BCUT2D eigenvalue weighted by atomic mass is 32.1. The Morgan fingerprint density at radius 3 is 2.50 bits per heavy atom. The molecule has 0 aliphatic heterocycles. The molecule has 1 N–H and O–H groups in total. The number of aliphatic hydroxyl groups excluding tert-OH is 1. The summed E-state index contributed by atoms with van der Waals surface area (Å²) >= 11 is 4.51. The minimum Gasteiger partial charge on any atom is -0.390 e. The highest BCUT2D eigenvalue weighted by molar-refractivity contribution is 7.80. The van der Waals surface area contributed by atoms with Crippen molar-refractivity contribution in [2.24, 2.45) is 0 Å². The zero-order valence-electron chi connectivity index (χ0n) is 10.6. The lowest BCUT2D eigenvalue weighted by molar-refractivity contribution is 0.276. The quantitative estimate of drug-likeness (QED) is 0.830. The van der Waals surface area contributed by atoms with Crippen LogP contribution in [-0.2, 0) is 12.0 Å². The fourth-order valence-electron chi connectivity index (χ4n) is 2.06. The van der Waals surface area contributed by atoms with Crippen molar-refractivity contribution in [3.8, 4) is 0 Å². The molecule has 0 radical (unpaired) electrons. The highest BCUT2D eigenvalue weighted by Gasteiger charge is 2.26. The molecule has 1 aromatic carbocycles. The minimum atomic E-state index is -0.233. The van der Waals surface area contributed by atoms with Crippen LogP contribution in [0.25, 0.3) is 0 Å². The van der Waals surface area contributed by atoms with Crippen LogP contribution in [0.5, 0.6) is 0 Å². The number of pyridine rings is 1. The Kier molecular flexibility index (Phi) is 3.73. The second kappa shape index (κ2) is 5.12. The number of benzene rings is 1. The number of rotatable bonds is 3. The molecular formula is C15H17NOS. The van der Waals surface area contributed by atoms with E-state index in [2.05, 4.69) is 37.5 Å². The van der Waals surface area contributed by atoms with Gasteiger partial charge in [-0.25, -0.2) is 0 Å². The van der Waals surface area contributed by atoms with Gasteiger partial charge in [0.2, 0.25) is 0 Å². The minimum absolute atomic E-state index is 0.0353. The van der Waals surface area contributed by atoms with Gasteiger partial charge in [-0.1, -0.05) is 38.1 Å². The Morgan fingerprint density at radius 2 is 1.83 bits per heavy atom. The Hall–Kier alpha value is -1.32. The van der Waals surface area contributed by atoms with Crippen molar-refractivity contribution >= 4 is 12.6 Å². The van der Waals surface area contributed by atoms with Crippen LogP contribution in [0.15, 0.2) is 47.4 Å². The van der Waals surface area contributed by atoms with Gasteiger partial charge in [-0.3, -0.25) is 4.98 Å². The average molecular weight is 259 g/mol. The van der Waals surface area contributed by atoms with Crippen molar-refractivity contribution in [2.75, 3.05) is 0 Å². The van der Waals surface area contributed by atoms with Crippen LogP contribution in [-0.4, -0.2) is 10.1 Å². The van der Waals surface area contributed by atoms with Crippen LogP contribution in [0.2, 0.25) is 0 Å². The van der Waals surface area contributed by atoms with Crippen LogP contribution in [0.4, 0.5) is 0 Å². The van der Waals surface area contributed by atoms with E-state index in [9.17, 15) is 5.11 Å². The Labute approximate surface area is 113 Å². The summed E-state index contributed by atoms with van der Waals surface area (Å²) in [6.07, 6.45) is 0. The van der Waals surface area contributed by atoms with Crippen LogP contribution < -0.4 is 0 Å². The molecular weight excluding hydrogens is 242 g/mol. The molecule has 1 heterocycles. The molecule has 0 amide bonds. The number of aromatic nitrogens is 1. The summed E-state index contributed by atoms with van der Waals surface area (Å²) in [7, 11) is 0. The lowest BCUT2D eigenvalue weighted by Gasteiger charge is -2.26. The van der Waals surface area contributed by atoms with Crippen molar-refractivity contribution in [3.05, 3.63) is 59.4 Å². The average Bonchev–Trinajstić information content (AvgIpc) is 2.39. The normalized spacial score (nSPS) is 11.6. The predicted molar refractivity (Wildman–Crippen MR) is 76.0 cm³/mol. The summed E-state index contributed by atoms with van der Waals surface area (Å²) in [5.41, 5.74) is 2.53. The number of aliphatic hydroxyl groups is 1. The van der Waals surface area contributed by atoms with E-state index >= 15 is 0 Å². The van der Waals surface area contributed by atoms with Crippen molar-refractivity contribution in [1.82, 2.24) is 4.98 Å². The van der Waals surface area contributed by atoms with Gasteiger partial charge >= 0.3 is 0 Å². The summed E-state index contributed by atoms with van der Waals surface area (Å²) in [5, 5.41) is 9.18. The molecule has 0 bridgehead atoms. The first-order valence-corrected chi connectivity index (χ1v) is 6.36. The molecule has 0 spiro atoms. The first-order valence-electron chi connectivity index (χ1n) is 5.91. The van der Waals surface area contributed by atoms with E-state index in [1.165, 1.54) is 0 Å². The molecule has 0 aliphatic rings. The van der Waals surface area contributed by atoms with Crippen molar-refractivity contribution < 1.29 is 5.11 Å². The first kappa shape index (κ1) is 13.1. The Morgan fingerprint density at radius 1 is 1.11 bits per heavy atom. The summed E-state index contributed by atoms with van der Waals surface area (Å²) in [5.74, 6) is 0. The number of thiol groups is 1. The van der Waals surface area contributed by atoms with Gasteiger partial charge in [0.25, 0.3) is 0 Å². The second-order valence-electron chi connectivity index (χ2n) is 4.81. The monoisotopic (exact) mass is 259 g/mol. The third kappa shape index (κ3) is 2.42. The van der Waals surface area contributed by atoms with Crippen LogP contribution in [0, 0.1) is 0 Å². The molecule has 94 valence electrons. The number of hydrogen-bond acceptors (Lipinski definition) is 3. The van der Waals surface area contributed by atoms with Gasteiger partial charge in [0.15, 0.2) is 0 Å². The Balaban J connectivity index is 2.50. The second-order valence-corrected chi connectivity index (χ2v) is 5.30. The molecule has 0 fully saturated rings. The van der Waals surface area contributed by atoms with E-state index in [0.717, 1.165) is 16.2 Å². The van der Waals surface area contributed by atoms with E-state index in [-0.39, 0.29) is 12.0 Å². The summed E-state index contributed by atoms with van der Waals surface area (Å²) in [4.78, 5) is 5.45. The number of hydrogen-bond donors (Lipinski definition) is 2. The summed E-state index contributed by atoms with van der Waals surface area (Å²) in [6.45, 7) is 4.20. The third-order valence-electron chi connectivity index (χ3n) is 3.19. The van der Waals surface area contributed by atoms with Gasteiger partial charge in [-0.05, 0) is 23.8 Å². The smallest absolute Gasteiger partial charge is 0.0853 e. The van der Waals surface area contributed by atoms with Gasteiger partial charge in [0.1, 0.15) is 0 Å². The topological polar surface area (TPSA) is 33.1 Å². The molecule has 18 heavy (non-hydrogen) atoms. The standard InChI is InChI=1S/C15H17NOS/c1-15(2,12-7-3-4-8-13(12)18)14-9-5-6-11(10-17)16-14/h3-9,17-18H,10H2,1-2H3. The maximum Gasteiger partial charge on any atom is 0.0853 e. The van der Waals surface area contributed by atoms with E-state index < -0.39 is 0 Å². The molecule has 1 aromatic heterocycles. The van der Waals surface area contributed by atoms with Gasteiger partial charge < -0.3 is 5.11 Å². The summed E-state index contributed by atoms with van der Waals surface area (Å²) < 4.78 is 0. The lowest BCUT2D eigenvalue weighted by atomic mass is 9.81. The van der Waals surface area contributed by atoms with Gasteiger partial charge in [0, 0.05) is 10.3 Å². The number of nitrogens with zero attached hydrogens (tertiary/aromatic N) is 1. The molecule has 0 atom stereocenters. The van der Waals surface area contributed by atoms with E-state index in [4.69, 9.17) is 0 Å². The van der Waals surface area contributed by atoms with Crippen LogP contribution in [0.3, 0.4) is 0 Å². The SMILES string of the molecule is CC(C)(c1cccc(CO)n1)c1ccccc1S. The first-order chi connectivity index (χ1) is 8.55. The maximum absolute atomic E-state index is 9.18. The Bertz CT molecular complexity index is 552. The van der Waals surface area contributed by atoms with E-state index in [1.54, 1.807) is 0 Å². The molecule has 2 nitrogen and oxygen atoms in total. The molecule has 0 aliphatic carbocycles. The molecule has 3 heteroatoms. The van der Waals surface area contributed by atoms with E-state index in [1.807, 2.05) is 36.4 Å². The van der Waals surface area contributed by atoms with Crippen molar-refractivity contribution in [3.63, 3.8) is 0 Å². The zero-order valence-corrected chi connectivity index (χ0v) is 11.5.